The molecule has 0 fully saturated rings. The predicted molar refractivity (Wildman–Crippen MR) is 91.8 cm³/mol. The van der Waals surface area contributed by atoms with Crippen LogP contribution in [0.25, 0.3) is 0 Å². The lowest BCUT2D eigenvalue weighted by molar-refractivity contribution is 0.0955. The Morgan fingerprint density at radius 2 is 1.96 bits per heavy atom. The van der Waals surface area contributed by atoms with Crippen molar-refractivity contribution in [3.8, 4) is 5.88 Å². The van der Waals surface area contributed by atoms with E-state index in [2.05, 4.69) is 15.5 Å². The second-order valence-electron chi connectivity index (χ2n) is 4.75. The number of rotatable bonds is 5. The highest BCUT2D eigenvalue weighted by molar-refractivity contribution is 7.71. The fourth-order valence-electron chi connectivity index (χ4n) is 2.11. The summed E-state index contributed by atoms with van der Waals surface area (Å²) in [5.74, 6) is -0.730. The van der Waals surface area contributed by atoms with Crippen molar-refractivity contribution in [2.45, 2.75) is 26.9 Å². The third-order valence-electron chi connectivity index (χ3n) is 3.37. The lowest BCUT2D eigenvalue weighted by atomic mass is 10.3. The fourth-order valence-corrected chi connectivity index (χ4v) is 2.54. The van der Waals surface area contributed by atoms with Crippen LogP contribution in [0.2, 0.25) is 0 Å². The van der Waals surface area contributed by atoms with Gasteiger partial charge in [-0.2, -0.15) is 5.10 Å². The van der Waals surface area contributed by atoms with Gasteiger partial charge in [-0.25, -0.2) is 5.43 Å². The molecule has 24 heavy (non-hydrogen) atoms. The zero-order valence-electron chi connectivity index (χ0n) is 13.3. The van der Waals surface area contributed by atoms with Gasteiger partial charge in [0.2, 0.25) is 5.88 Å². The van der Waals surface area contributed by atoms with Crippen molar-refractivity contribution in [1.29, 1.82) is 0 Å². The number of hydrazone groups is 1. The molecule has 2 aromatic rings. The first kappa shape index (κ1) is 17.5. The van der Waals surface area contributed by atoms with Gasteiger partial charge in [-0.05, 0) is 38.2 Å². The zero-order valence-corrected chi connectivity index (χ0v) is 14.1. The first-order valence-electron chi connectivity index (χ1n) is 7.31. The molecule has 2 aromatic heterocycles. The van der Waals surface area contributed by atoms with Crippen LogP contribution in [0.3, 0.4) is 0 Å². The van der Waals surface area contributed by atoms with Crippen LogP contribution in [-0.2, 0) is 13.1 Å². The first-order valence-corrected chi connectivity index (χ1v) is 7.72. The second-order valence-corrected chi connectivity index (χ2v) is 5.11. The Labute approximate surface area is 143 Å². The molecule has 2 rings (SSSR count). The Hall–Kier alpha value is -2.81. The summed E-state index contributed by atoms with van der Waals surface area (Å²) in [6, 6.07) is 3.06. The lowest BCUT2D eigenvalue weighted by Crippen LogP contribution is -2.28. The molecular weight excluding hydrogens is 330 g/mol. The number of aromatic hydroxyl groups is 1. The van der Waals surface area contributed by atoms with E-state index in [4.69, 9.17) is 12.2 Å². The monoisotopic (exact) mass is 347 g/mol. The number of aromatic nitrogens is 3. The van der Waals surface area contributed by atoms with Gasteiger partial charge in [-0.15, -0.1) is 0 Å². The molecule has 0 aromatic carbocycles. The minimum atomic E-state index is -0.466. The molecule has 0 bridgehead atoms. The minimum Gasteiger partial charge on any atom is -0.494 e. The number of hydrogen-bond acceptors (Lipinski definition) is 6. The van der Waals surface area contributed by atoms with E-state index >= 15 is 0 Å². The molecule has 126 valence electrons. The number of hydrogen-bond donors (Lipinski definition) is 2. The molecule has 1 amide bonds. The average molecular weight is 347 g/mol. The summed E-state index contributed by atoms with van der Waals surface area (Å²) in [6.45, 7) is 4.34. The maximum absolute atomic E-state index is 12.4. The molecule has 2 N–H and O–H groups in total. The molecule has 0 aliphatic rings. The van der Waals surface area contributed by atoms with Gasteiger partial charge in [0.15, 0.2) is 4.77 Å². The van der Waals surface area contributed by atoms with Crippen LogP contribution >= 0.6 is 12.2 Å². The molecule has 9 heteroatoms. The average Bonchev–Trinajstić information content (AvgIpc) is 2.59. The maximum atomic E-state index is 12.4. The summed E-state index contributed by atoms with van der Waals surface area (Å²) >= 11 is 5.19. The highest BCUT2D eigenvalue weighted by Crippen LogP contribution is 2.12. The largest absolute Gasteiger partial charge is 0.494 e. The number of nitrogens with one attached hydrogen (secondary N) is 1. The van der Waals surface area contributed by atoms with E-state index < -0.39 is 11.5 Å². The third-order valence-corrected chi connectivity index (χ3v) is 3.81. The van der Waals surface area contributed by atoms with Crippen LogP contribution in [0.4, 0.5) is 0 Å². The highest BCUT2D eigenvalue weighted by Gasteiger charge is 2.14. The Morgan fingerprint density at radius 1 is 1.33 bits per heavy atom. The van der Waals surface area contributed by atoms with Crippen LogP contribution < -0.4 is 11.0 Å². The molecule has 8 nitrogen and oxygen atoms in total. The predicted octanol–water partition coefficient (Wildman–Crippen LogP) is 1.28. The van der Waals surface area contributed by atoms with Crippen LogP contribution in [0.15, 0.2) is 34.4 Å². The van der Waals surface area contributed by atoms with Crippen molar-refractivity contribution in [1.82, 2.24) is 19.5 Å². The van der Waals surface area contributed by atoms with Crippen molar-refractivity contribution in [3.05, 3.63) is 50.8 Å². The van der Waals surface area contributed by atoms with Crippen LogP contribution in [0.5, 0.6) is 5.88 Å². The Balaban J connectivity index is 2.34. The van der Waals surface area contributed by atoms with Crippen molar-refractivity contribution < 1.29 is 9.90 Å². The Kier molecular flexibility index (Phi) is 5.59. The number of pyridine rings is 1. The third kappa shape index (κ3) is 3.40. The molecular formula is C15H17N5O3S. The summed E-state index contributed by atoms with van der Waals surface area (Å²) in [7, 11) is 0. The first-order chi connectivity index (χ1) is 11.5. The van der Waals surface area contributed by atoms with Gasteiger partial charge in [0.1, 0.15) is 5.56 Å². The Morgan fingerprint density at radius 3 is 2.54 bits per heavy atom. The van der Waals surface area contributed by atoms with Gasteiger partial charge >= 0.3 is 0 Å². The van der Waals surface area contributed by atoms with Gasteiger partial charge in [0, 0.05) is 31.0 Å². The van der Waals surface area contributed by atoms with Crippen LogP contribution in [0.1, 0.15) is 29.8 Å². The normalized spacial score (nSPS) is 10.9. The molecule has 0 atom stereocenters. The van der Waals surface area contributed by atoms with Crippen molar-refractivity contribution >= 4 is 24.3 Å². The van der Waals surface area contributed by atoms with Crippen LogP contribution in [-0.4, -0.2) is 31.3 Å². The van der Waals surface area contributed by atoms with Gasteiger partial charge in [0.05, 0.1) is 6.21 Å². The van der Waals surface area contributed by atoms with Crippen molar-refractivity contribution in [2.75, 3.05) is 0 Å². The standard InChI is InChI=1S/C15H17N5O3S/c1-3-19-13(22)11(14(23)20(4-2)15(19)24)9-17-18-12(21)10-5-7-16-8-6-10/h5-9,22H,3-4H2,1-2H3,(H,18,21)/b17-9-. The summed E-state index contributed by atoms with van der Waals surface area (Å²) in [6.07, 6.45) is 4.08. The molecule has 0 aliphatic heterocycles. The zero-order chi connectivity index (χ0) is 17.7. The molecule has 0 saturated heterocycles. The molecule has 0 radical (unpaired) electrons. The van der Waals surface area contributed by atoms with E-state index in [-0.39, 0.29) is 16.2 Å². The fraction of sp³-hybridized carbons (Fsp3) is 0.267. The number of carbonyl (C=O) groups excluding carboxylic acids is 1. The second kappa shape index (κ2) is 7.64. The smallest absolute Gasteiger partial charge is 0.271 e. The van der Waals surface area contributed by atoms with Crippen molar-refractivity contribution in [3.63, 3.8) is 0 Å². The highest BCUT2D eigenvalue weighted by atomic mass is 32.1. The molecule has 0 spiro atoms. The lowest BCUT2D eigenvalue weighted by Gasteiger charge is -2.13. The summed E-state index contributed by atoms with van der Waals surface area (Å²) in [5.41, 5.74) is 2.17. The Bertz CT molecular complexity index is 886. The van der Waals surface area contributed by atoms with E-state index in [1.165, 1.54) is 33.7 Å². The number of amides is 1. The molecule has 0 saturated carbocycles. The van der Waals surface area contributed by atoms with Gasteiger partial charge in [-0.3, -0.25) is 23.7 Å². The molecule has 0 aliphatic carbocycles. The summed E-state index contributed by atoms with van der Waals surface area (Å²) in [5, 5.41) is 14.0. The van der Waals surface area contributed by atoms with Crippen molar-refractivity contribution in [2.24, 2.45) is 5.10 Å². The SMILES string of the molecule is CCn1c(O)c(/C=N\NC(=O)c2ccncc2)c(=O)n(CC)c1=S. The number of carbonyl (C=O) groups is 1. The van der Waals surface area contributed by atoms with E-state index in [9.17, 15) is 14.7 Å². The topological polar surface area (TPSA) is 102 Å². The van der Waals surface area contributed by atoms with Gasteiger partial charge in [-0.1, -0.05) is 0 Å². The van der Waals surface area contributed by atoms with E-state index in [0.717, 1.165) is 6.21 Å². The molecule has 0 unspecified atom stereocenters. The quantitative estimate of drug-likeness (QED) is 0.482. The maximum Gasteiger partial charge on any atom is 0.271 e. The van der Waals surface area contributed by atoms with Gasteiger partial charge in [0.25, 0.3) is 11.5 Å². The summed E-state index contributed by atoms with van der Waals surface area (Å²) < 4.78 is 3.01. The van der Waals surface area contributed by atoms with Gasteiger partial charge < -0.3 is 5.11 Å². The van der Waals surface area contributed by atoms with Crippen LogP contribution in [0, 0.1) is 4.77 Å². The van der Waals surface area contributed by atoms with E-state index in [1.54, 1.807) is 13.8 Å². The van der Waals surface area contributed by atoms with E-state index in [1.807, 2.05) is 0 Å². The minimum absolute atomic E-state index is 0.0395. The molecule has 2 heterocycles. The summed E-state index contributed by atoms with van der Waals surface area (Å²) in [4.78, 5) is 28.1. The number of nitrogens with zero attached hydrogens (tertiary/aromatic N) is 4. The van der Waals surface area contributed by atoms with E-state index in [0.29, 0.717) is 18.7 Å².